The number of hydrazone groups is 1. The van der Waals surface area contributed by atoms with E-state index in [2.05, 4.69) is 285 Å². The fourth-order valence-electron chi connectivity index (χ4n) is 8.81. The van der Waals surface area contributed by atoms with Gasteiger partial charge in [0.05, 0.1) is 17.6 Å². The molecule has 0 spiro atoms. The lowest BCUT2D eigenvalue weighted by Crippen LogP contribution is -2.22. The zero-order valence-electron chi connectivity index (χ0n) is 42.5. The molecule has 0 fully saturated rings. The van der Waals surface area contributed by atoms with Crippen molar-refractivity contribution >= 4 is 52.0 Å². The van der Waals surface area contributed by atoms with Gasteiger partial charge in [-0.15, -0.1) is 0 Å². The normalized spacial score (nSPS) is 10.9. The van der Waals surface area contributed by atoms with E-state index in [-0.39, 0.29) is 0 Å². The molecule has 0 atom stereocenters. The maximum atomic E-state index is 4.90. The monoisotopic (exact) mass is 958 g/mol. The second kappa shape index (κ2) is 25.2. The fraction of sp³-hybridized carbons (Fsp3) is 0.0714. The Balaban J connectivity index is 0.000000182. The van der Waals surface area contributed by atoms with Crippen LogP contribution in [0.5, 0.6) is 0 Å². The van der Waals surface area contributed by atoms with Crippen LogP contribution in [0.2, 0.25) is 0 Å². The maximum Gasteiger partial charge on any atom is 0.0652 e. The molecule has 0 heterocycles. The molecular weight excluding hydrogens is 897 g/mol. The SMILES string of the molecule is Cc1cc(N(Cc2ccccc2)Cc2ccccc2)ccc1/C=N/N(c1ccccc1)c1ccccc1.Cc1ccc(N(c2ccc(C)cc2)c2ccc(C=CC=C(c3ccccc3)c3ccccc3)cc2)cc1. The molecule has 0 aliphatic heterocycles. The summed E-state index contributed by atoms with van der Waals surface area (Å²) in [7, 11) is 0. The van der Waals surface area contributed by atoms with Crippen LogP contribution in [0.25, 0.3) is 11.6 Å². The number of allylic oxidation sites excluding steroid dienone is 2. The molecule has 0 aliphatic carbocycles. The Morgan fingerprint density at radius 2 is 0.784 bits per heavy atom. The Morgan fingerprint density at radius 3 is 1.22 bits per heavy atom. The van der Waals surface area contributed by atoms with E-state index < -0.39 is 0 Å². The standard InChI is InChI=1S/C36H31N.C34H31N3/c1-28-16-22-33(23-17-28)37(34-24-18-29(2)19-25-34)35-26-20-30(21-27-35)10-9-15-36(31-11-5-3-6-12-31)32-13-7-4-8-14-32;1-28-24-34(36(26-29-14-6-2-7-15-29)27-30-16-8-3-9-17-30)23-22-31(28)25-35-37(32-18-10-4-11-19-32)33-20-12-5-13-21-33/h3-27H,1-2H3;2-25H,26-27H2,1H3/b;35-25+. The van der Waals surface area contributed by atoms with Gasteiger partial charge in [-0.2, -0.15) is 5.10 Å². The lowest BCUT2D eigenvalue weighted by Gasteiger charge is -2.26. The van der Waals surface area contributed by atoms with Gasteiger partial charge >= 0.3 is 0 Å². The summed E-state index contributed by atoms with van der Waals surface area (Å²) >= 11 is 0. The predicted octanol–water partition coefficient (Wildman–Crippen LogP) is 18.3. The van der Waals surface area contributed by atoms with E-state index >= 15 is 0 Å². The van der Waals surface area contributed by atoms with Crippen LogP contribution in [0.3, 0.4) is 0 Å². The summed E-state index contributed by atoms with van der Waals surface area (Å²) in [5, 5.41) is 6.88. The third-order valence-corrected chi connectivity index (χ3v) is 12.8. The average Bonchev–Trinajstić information content (AvgIpc) is 3.45. The van der Waals surface area contributed by atoms with Gasteiger partial charge in [0.15, 0.2) is 0 Å². The Morgan fingerprint density at radius 1 is 0.392 bits per heavy atom. The summed E-state index contributed by atoms with van der Waals surface area (Å²) in [5.41, 5.74) is 18.9. The first kappa shape index (κ1) is 49.7. The van der Waals surface area contributed by atoms with Crippen LogP contribution in [-0.2, 0) is 13.1 Å². The minimum atomic E-state index is 0.846. The first-order valence-corrected chi connectivity index (χ1v) is 25.3. The molecule has 0 N–H and O–H groups in total. The molecule has 10 aromatic carbocycles. The molecule has 0 bridgehead atoms. The second-order valence-electron chi connectivity index (χ2n) is 18.4. The van der Waals surface area contributed by atoms with Crippen molar-refractivity contribution in [1.29, 1.82) is 0 Å². The van der Waals surface area contributed by atoms with Crippen molar-refractivity contribution in [3.05, 3.63) is 335 Å². The third-order valence-electron chi connectivity index (χ3n) is 12.8. The van der Waals surface area contributed by atoms with Crippen LogP contribution >= 0.6 is 0 Å². The molecule has 0 aliphatic rings. The molecule has 74 heavy (non-hydrogen) atoms. The number of anilines is 6. The minimum absolute atomic E-state index is 0.846. The molecule has 0 radical (unpaired) electrons. The molecule has 0 aromatic heterocycles. The van der Waals surface area contributed by atoms with E-state index in [1.807, 2.05) is 47.6 Å². The molecule has 4 nitrogen and oxygen atoms in total. The molecule has 0 amide bonds. The quantitative estimate of drug-likeness (QED) is 0.0547. The van der Waals surface area contributed by atoms with Gasteiger partial charge < -0.3 is 9.80 Å². The highest BCUT2D eigenvalue weighted by Crippen LogP contribution is 2.35. The number of hydrogen-bond acceptors (Lipinski definition) is 4. The van der Waals surface area contributed by atoms with Crippen LogP contribution in [0, 0.1) is 20.8 Å². The highest BCUT2D eigenvalue weighted by Gasteiger charge is 2.14. The van der Waals surface area contributed by atoms with E-state index in [0.717, 1.165) is 52.7 Å². The summed E-state index contributed by atoms with van der Waals surface area (Å²) in [5.74, 6) is 0. The van der Waals surface area contributed by atoms with Crippen LogP contribution < -0.4 is 14.8 Å². The molecule has 4 heteroatoms. The first-order chi connectivity index (χ1) is 36.4. The number of aryl methyl sites for hydroxylation is 3. The van der Waals surface area contributed by atoms with Crippen LogP contribution in [0.15, 0.2) is 290 Å². The smallest absolute Gasteiger partial charge is 0.0652 e. The Kier molecular flexibility index (Phi) is 17.0. The summed E-state index contributed by atoms with van der Waals surface area (Å²) in [6, 6.07) is 95.7. The van der Waals surface area contributed by atoms with Gasteiger partial charge in [-0.05, 0) is 138 Å². The van der Waals surface area contributed by atoms with Gasteiger partial charge in [0.2, 0.25) is 0 Å². The molecule has 362 valence electrons. The van der Waals surface area contributed by atoms with Crippen molar-refractivity contribution in [3.8, 4) is 0 Å². The molecular formula is C70H62N4. The first-order valence-electron chi connectivity index (χ1n) is 25.3. The van der Waals surface area contributed by atoms with Crippen molar-refractivity contribution in [2.45, 2.75) is 33.9 Å². The van der Waals surface area contributed by atoms with Gasteiger partial charge in [0.25, 0.3) is 0 Å². The largest absolute Gasteiger partial charge is 0.363 e. The van der Waals surface area contributed by atoms with Crippen molar-refractivity contribution in [3.63, 3.8) is 0 Å². The third kappa shape index (κ3) is 13.6. The van der Waals surface area contributed by atoms with Crippen LogP contribution in [-0.4, -0.2) is 6.21 Å². The highest BCUT2D eigenvalue weighted by molar-refractivity contribution is 5.85. The minimum Gasteiger partial charge on any atom is -0.363 e. The van der Waals surface area contributed by atoms with Crippen LogP contribution in [0.1, 0.15) is 50.1 Å². The van der Waals surface area contributed by atoms with E-state index in [9.17, 15) is 0 Å². The molecule has 0 unspecified atom stereocenters. The highest BCUT2D eigenvalue weighted by atomic mass is 15.5. The van der Waals surface area contributed by atoms with E-state index in [1.165, 1.54) is 50.2 Å². The number of rotatable bonds is 16. The van der Waals surface area contributed by atoms with Gasteiger partial charge in [-0.25, -0.2) is 5.01 Å². The second-order valence-corrected chi connectivity index (χ2v) is 18.4. The zero-order chi connectivity index (χ0) is 50.7. The van der Waals surface area contributed by atoms with Gasteiger partial charge in [-0.1, -0.05) is 230 Å². The summed E-state index contributed by atoms with van der Waals surface area (Å²) in [6.07, 6.45) is 8.46. The van der Waals surface area contributed by atoms with E-state index in [1.54, 1.807) is 0 Å². The molecule has 0 saturated heterocycles. The lowest BCUT2D eigenvalue weighted by molar-refractivity contribution is 0.799. The number of benzene rings is 10. The van der Waals surface area contributed by atoms with Crippen molar-refractivity contribution < 1.29 is 0 Å². The van der Waals surface area contributed by atoms with Crippen LogP contribution in [0.4, 0.5) is 34.1 Å². The Labute approximate surface area is 438 Å². The van der Waals surface area contributed by atoms with E-state index in [4.69, 9.17) is 5.10 Å². The predicted molar refractivity (Wildman–Crippen MR) is 316 cm³/mol. The number of hydrogen-bond donors (Lipinski definition) is 0. The molecule has 10 aromatic rings. The van der Waals surface area contributed by atoms with Crippen molar-refractivity contribution in [1.82, 2.24) is 0 Å². The molecule has 10 rings (SSSR count). The van der Waals surface area contributed by atoms with Crippen molar-refractivity contribution in [2.24, 2.45) is 5.10 Å². The molecule has 0 saturated carbocycles. The number of nitrogens with zero attached hydrogens (tertiary/aromatic N) is 4. The Bertz CT molecular complexity index is 3190. The average molecular weight is 959 g/mol. The zero-order valence-corrected chi connectivity index (χ0v) is 42.5. The fourth-order valence-corrected chi connectivity index (χ4v) is 8.81. The summed E-state index contributed by atoms with van der Waals surface area (Å²) in [6.45, 7) is 8.09. The van der Waals surface area contributed by atoms with Crippen molar-refractivity contribution in [2.75, 3.05) is 14.8 Å². The van der Waals surface area contributed by atoms with Gasteiger partial charge in [0, 0.05) is 35.8 Å². The maximum absolute atomic E-state index is 4.90. The van der Waals surface area contributed by atoms with Gasteiger partial charge in [0.1, 0.15) is 0 Å². The Hall–Kier alpha value is -9.25. The summed E-state index contributed by atoms with van der Waals surface area (Å²) < 4.78 is 0. The van der Waals surface area contributed by atoms with Gasteiger partial charge in [-0.3, -0.25) is 0 Å². The number of para-hydroxylation sites is 2. The van der Waals surface area contributed by atoms with E-state index in [0.29, 0.717) is 0 Å². The lowest BCUT2D eigenvalue weighted by atomic mass is 9.97. The topological polar surface area (TPSA) is 22.1 Å². The summed E-state index contributed by atoms with van der Waals surface area (Å²) in [4.78, 5) is 4.73.